The molecule has 0 aliphatic rings. The highest BCUT2D eigenvalue weighted by atomic mass is 15.0. The van der Waals surface area contributed by atoms with Crippen molar-refractivity contribution in [3.05, 3.63) is 158 Å². The normalized spacial score (nSPS) is 12.3. The SMILES string of the molecule is c1cc2c(-n3c4ccccc4c4ccccc43)ccc3c4ccc(-n5c6ccccc6c6ccccc65)c5cccc(c(c1)c23)c54. The summed E-state index contributed by atoms with van der Waals surface area (Å²) in [5.41, 5.74) is 7.38. The van der Waals surface area contributed by atoms with Gasteiger partial charge in [-0.2, -0.15) is 0 Å². The van der Waals surface area contributed by atoms with E-state index in [1.54, 1.807) is 0 Å². The fraction of sp³-hybridized carbons (Fsp3) is 0. The Morgan fingerprint density at radius 2 is 0.500 bits per heavy atom. The summed E-state index contributed by atoms with van der Waals surface area (Å²) in [5.74, 6) is 0. The molecule has 0 fully saturated rings. The summed E-state index contributed by atoms with van der Waals surface area (Å²) < 4.78 is 4.91. The molecule has 11 aromatic rings. The molecule has 0 N–H and O–H groups in total. The summed E-state index contributed by atoms with van der Waals surface area (Å²) in [4.78, 5) is 0. The Morgan fingerprint density at radius 1 is 0.217 bits per heavy atom. The number of benzene rings is 9. The summed E-state index contributed by atoms with van der Waals surface area (Å²) in [6.45, 7) is 0. The van der Waals surface area contributed by atoms with E-state index in [1.807, 2.05) is 0 Å². The molecule has 0 saturated heterocycles. The Labute approximate surface area is 264 Å². The van der Waals surface area contributed by atoms with Gasteiger partial charge >= 0.3 is 0 Å². The minimum Gasteiger partial charge on any atom is -0.309 e. The van der Waals surface area contributed by atoms with Gasteiger partial charge in [-0.15, -0.1) is 0 Å². The summed E-state index contributed by atoms with van der Waals surface area (Å²) >= 11 is 0. The first kappa shape index (κ1) is 24.2. The first-order chi connectivity index (χ1) is 22.9. The summed E-state index contributed by atoms with van der Waals surface area (Å²) in [6, 6.07) is 58.2. The van der Waals surface area contributed by atoms with Crippen LogP contribution in [-0.4, -0.2) is 9.13 Å². The quantitative estimate of drug-likeness (QED) is 0.142. The van der Waals surface area contributed by atoms with Crippen LogP contribution in [0, 0.1) is 0 Å². The van der Waals surface area contributed by atoms with Crippen LogP contribution in [0.1, 0.15) is 0 Å². The molecule has 0 unspecified atom stereocenters. The Hall–Kier alpha value is -6.12. The molecule has 2 nitrogen and oxygen atoms in total. The Kier molecular flexibility index (Phi) is 4.61. The first-order valence-corrected chi connectivity index (χ1v) is 16.0. The molecule has 2 aromatic heterocycles. The van der Waals surface area contributed by atoms with Crippen molar-refractivity contribution < 1.29 is 0 Å². The van der Waals surface area contributed by atoms with Crippen molar-refractivity contribution in [2.45, 2.75) is 0 Å². The van der Waals surface area contributed by atoms with Crippen LogP contribution >= 0.6 is 0 Å². The molecule has 2 heterocycles. The maximum Gasteiger partial charge on any atom is 0.0541 e. The monoisotopic (exact) mass is 582 g/mol. The fourth-order valence-electron chi connectivity index (χ4n) is 8.43. The van der Waals surface area contributed by atoms with Gasteiger partial charge in [0.15, 0.2) is 0 Å². The lowest BCUT2D eigenvalue weighted by atomic mass is 9.88. The van der Waals surface area contributed by atoms with Crippen LogP contribution < -0.4 is 0 Å². The number of fused-ring (bicyclic) bond motifs is 8. The third-order valence-electron chi connectivity index (χ3n) is 10.3. The number of para-hydroxylation sites is 4. The predicted molar refractivity (Wildman–Crippen MR) is 196 cm³/mol. The first-order valence-electron chi connectivity index (χ1n) is 16.0. The van der Waals surface area contributed by atoms with E-state index in [-0.39, 0.29) is 0 Å². The van der Waals surface area contributed by atoms with E-state index in [2.05, 4.69) is 167 Å². The van der Waals surface area contributed by atoms with Crippen LogP contribution in [0.4, 0.5) is 0 Å². The average molecular weight is 583 g/mol. The molecule has 11 rings (SSSR count). The lowest BCUT2D eigenvalue weighted by Gasteiger charge is -2.19. The highest BCUT2D eigenvalue weighted by Gasteiger charge is 2.20. The number of aromatic nitrogens is 2. The molecule has 0 saturated carbocycles. The maximum absolute atomic E-state index is 2.45. The molecule has 0 aliphatic carbocycles. The summed E-state index contributed by atoms with van der Waals surface area (Å²) in [5, 5.41) is 15.5. The van der Waals surface area contributed by atoms with E-state index in [0.717, 1.165) is 0 Å². The van der Waals surface area contributed by atoms with Crippen molar-refractivity contribution in [2.24, 2.45) is 0 Å². The smallest absolute Gasteiger partial charge is 0.0541 e. The average Bonchev–Trinajstić information content (AvgIpc) is 3.63. The highest BCUT2D eigenvalue weighted by molar-refractivity contribution is 6.34. The highest BCUT2D eigenvalue weighted by Crippen LogP contribution is 2.45. The van der Waals surface area contributed by atoms with Gasteiger partial charge in [0.1, 0.15) is 0 Å². The second kappa shape index (κ2) is 8.74. The van der Waals surface area contributed by atoms with Crippen LogP contribution in [0.5, 0.6) is 0 Å². The van der Waals surface area contributed by atoms with E-state index in [0.29, 0.717) is 0 Å². The summed E-state index contributed by atoms with van der Waals surface area (Å²) in [6.07, 6.45) is 0. The molecular weight excluding hydrogens is 556 g/mol. The number of rotatable bonds is 2. The standard InChI is InChI=1S/C44H26N2/c1-5-19-37-27(11-1)28-12-2-6-20-38(28)45(37)41-25-23-33-34-24-26-42(46-39-21-7-3-13-29(39)30-14-4-8-22-40(30)46)36-18-10-16-32(44(34)36)31-15-9-17-35(41)43(31)33/h1-26H. The zero-order valence-electron chi connectivity index (χ0n) is 24.9. The molecule has 2 heteroatoms. The summed E-state index contributed by atoms with van der Waals surface area (Å²) in [7, 11) is 0. The molecule has 0 spiro atoms. The second-order valence-electron chi connectivity index (χ2n) is 12.5. The van der Waals surface area contributed by atoms with Crippen LogP contribution in [0.25, 0.3) is 98.1 Å². The van der Waals surface area contributed by atoms with Gasteiger partial charge in [0, 0.05) is 32.3 Å². The molecule has 212 valence electrons. The maximum atomic E-state index is 2.45. The van der Waals surface area contributed by atoms with Gasteiger partial charge < -0.3 is 9.13 Å². The van der Waals surface area contributed by atoms with Crippen molar-refractivity contribution in [3.63, 3.8) is 0 Å². The third kappa shape index (κ3) is 2.96. The molecule has 0 atom stereocenters. The van der Waals surface area contributed by atoms with Crippen LogP contribution in [0.3, 0.4) is 0 Å². The second-order valence-corrected chi connectivity index (χ2v) is 12.5. The van der Waals surface area contributed by atoms with Gasteiger partial charge in [-0.1, -0.05) is 121 Å². The number of nitrogens with zero attached hydrogens (tertiary/aromatic N) is 2. The zero-order chi connectivity index (χ0) is 29.9. The number of hydrogen-bond donors (Lipinski definition) is 0. The van der Waals surface area contributed by atoms with E-state index in [4.69, 9.17) is 0 Å². The molecule has 0 aliphatic heterocycles. The van der Waals surface area contributed by atoms with Gasteiger partial charge in [-0.05, 0) is 68.7 Å². The lowest BCUT2D eigenvalue weighted by molar-refractivity contribution is 1.20. The molecular formula is C44H26N2. The topological polar surface area (TPSA) is 9.86 Å². The lowest BCUT2D eigenvalue weighted by Crippen LogP contribution is -1.98. The van der Waals surface area contributed by atoms with Crippen LogP contribution in [0.2, 0.25) is 0 Å². The minimum atomic E-state index is 1.22. The van der Waals surface area contributed by atoms with Gasteiger partial charge in [-0.25, -0.2) is 0 Å². The van der Waals surface area contributed by atoms with Gasteiger partial charge in [0.25, 0.3) is 0 Å². The Bertz CT molecular complexity index is 2690. The predicted octanol–water partition coefficient (Wildman–Crippen LogP) is 11.9. The van der Waals surface area contributed by atoms with Gasteiger partial charge in [0.05, 0.1) is 33.4 Å². The van der Waals surface area contributed by atoms with Crippen molar-refractivity contribution in [1.82, 2.24) is 9.13 Å². The van der Waals surface area contributed by atoms with Gasteiger partial charge in [-0.3, -0.25) is 0 Å². The van der Waals surface area contributed by atoms with Crippen molar-refractivity contribution in [2.75, 3.05) is 0 Å². The van der Waals surface area contributed by atoms with Crippen LogP contribution in [-0.2, 0) is 0 Å². The zero-order valence-corrected chi connectivity index (χ0v) is 24.9. The minimum absolute atomic E-state index is 1.22. The van der Waals surface area contributed by atoms with Gasteiger partial charge in [0.2, 0.25) is 0 Å². The molecule has 9 aromatic carbocycles. The molecule has 0 bridgehead atoms. The van der Waals surface area contributed by atoms with E-state index >= 15 is 0 Å². The van der Waals surface area contributed by atoms with Crippen LogP contribution in [0.15, 0.2) is 158 Å². The fourth-order valence-corrected chi connectivity index (χ4v) is 8.43. The van der Waals surface area contributed by atoms with Crippen molar-refractivity contribution >= 4 is 86.7 Å². The van der Waals surface area contributed by atoms with E-state index in [1.165, 1.54) is 98.1 Å². The molecule has 0 radical (unpaired) electrons. The van der Waals surface area contributed by atoms with E-state index < -0.39 is 0 Å². The Morgan fingerprint density at radius 3 is 0.870 bits per heavy atom. The molecule has 0 amide bonds. The number of hydrogen-bond acceptors (Lipinski definition) is 0. The largest absolute Gasteiger partial charge is 0.309 e. The van der Waals surface area contributed by atoms with E-state index in [9.17, 15) is 0 Å². The third-order valence-corrected chi connectivity index (χ3v) is 10.3. The van der Waals surface area contributed by atoms with Crippen molar-refractivity contribution in [3.8, 4) is 11.4 Å². The Balaban J connectivity index is 1.27. The van der Waals surface area contributed by atoms with Crippen molar-refractivity contribution in [1.29, 1.82) is 0 Å². The molecule has 46 heavy (non-hydrogen) atoms.